The minimum absolute atomic E-state index is 0.00195. The number of nitrogens with zero attached hydrogens (tertiary/aromatic N) is 4. The molecule has 5 rings (SSSR count). The van der Waals surface area contributed by atoms with E-state index in [0.717, 1.165) is 11.3 Å². The highest BCUT2D eigenvalue weighted by atomic mass is 32.1. The second-order valence-corrected chi connectivity index (χ2v) is 9.08. The van der Waals surface area contributed by atoms with Gasteiger partial charge in [0, 0.05) is 42.7 Å². The van der Waals surface area contributed by atoms with Crippen LogP contribution in [0.15, 0.2) is 41.2 Å². The van der Waals surface area contributed by atoms with Crippen molar-refractivity contribution in [3.05, 3.63) is 46.2 Å². The molecule has 2 fully saturated rings. The highest BCUT2D eigenvalue weighted by Crippen LogP contribution is 2.50. The molecule has 0 aliphatic carbocycles. The Morgan fingerprint density at radius 2 is 2.20 bits per heavy atom. The van der Waals surface area contributed by atoms with Crippen LogP contribution in [0.3, 0.4) is 0 Å². The van der Waals surface area contributed by atoms with Crippen molar-refractivity contribution in [2.24, 2.45) is 5.92 Å². The third-order valence-electron chi connectivity index (χ3n) is 6.04. The molecule has 0 aromatic carbocycles. The van der Waals surface area contributed by atoms with Crippen LogP contribution in [0.25, 0.3) is 11.3 Å². The molecule has 2 saturated heterocycles. The molecule has 3 aliphatic rings. The number of β-lactam (4-membered cyclic amide) rings is 1. The smallest absolute Gasteiger partial charge is 0.352 e. The van der Waals surface area contributed by atoms with E-state index < -0.39 is 17.3 Å². The third kappa shape index (κ3) is 2.70. The lowest BCUT2D eigenvalue weighted by Crippen LogP contribution is -2.69. The van der Waals surface area contributed by atoms with E-state index in [-0.39, 0.29) is 29.5 Å². The number of likely N-dealkylation sites (tertiary alicyclic amines) is 1. The van der Waals surface area contributed by atoms with Gasteiger partial charge in [-0.2, -0.15) is 12.6 Å². The first-order valence-corrected chi connectivity index (χ1v) is 10.9. The number of rotatable bonds is 4. The van der Waals surface area contributed by atoms with Crippen molar-refractivity contribution in [3.8, 4) is 11.3 Å². The second-order valence-electron chi connectivity index (χ2n) is 7.67. The van der Waals surface area contributed by atoms with E-state index in [0.29, 0.717) is 23.5 Å². The van der Waals surface area contributed by atoms with Gasteiger partial charge in [0.2, 0.25) is 5.91 Å². The molecule has 10 heteroatoms. The number of thiol groups is 1. The van der Waals surface area contributed by atoms with Crippen LogP contribution in [0.4, 0.5) is 0 Å². The van der Waals surface area contributed by atoms with Gasteiger partial charge in [0.05, 0.1) is 17.0 Å². The number of carboxylic acid groups (broad SMARTS) is 1. The average molecular weight is 443 g/mol. The van der Waals surface area contributed by atoms with Crippen LogP contribution in [0.2, 0.25) is 0 Å². The van der Waals surface area contributed by atoms with Crippen molar-refractivity contribution >= 4 is 41.7 Å². The molecule has 2 amide bonds. The van der Waals surface area contributed by atoms with Gasteiger partial charge < -0.3 is 10.0 Å². The van der Waals surface area contributed by atoms with Crippen LogP contribution in [-0.4, -0.2) is 61.3 Å². The van der Waals surface area contributed by atoms with Gasteiger partial charge in [0.25, 0.3) is 5.91 Å². The molecule has 4 atom stereocenters. The third-order valence-corrected chi connectivity index (χ3v) is 7.68. The van der Waals surface area contributed by atoms with Gasteiger partial charge in [-0.25, -0.2) is 9.78 Å². The van der Waals surface area contributed by atoms with Crippen molar-refractivity contribution in [1.82, 2.24) is 19.8 Å². The summed E-state index contributed by atoms with van der Waals surface area (Å²) < 4.78 is 0. The Bertz CT molecular complexity index is 1100. The first kappa shape index (κ1) is 19.3. The number of thiazole rings is 1. The number of carboxylic acids is 1. The summed E-state index contributed by atoms with van der Waals surface area (Å²) in [5.74, 6) is -1.64. The monoisotopic (exact) mass is 442 g/mol. The van der Waals surface area contributed by atoms with Gasteiger partial charge in [0.15, 0.2) is 0 Å². The van der Waals surface area contributed by atoms with Crippen LogP contribution in [0.1, 0.15) is 23.6 Å². The fraction of sp³-hybridized carbons (Fsp3) is 0.350. The number of aliphatic carboxylic acids is 1. The lowest BCUT2D eigenvalue weighted by molar-refractivity contribution is -0.159. The fourth-order valence-corrected chi connectivity index (χ4v) is 6.06. The molecule has 8 nitrogen and oxygen atoms in total. The summed E-state index contributed by atoms with van der Waals surface area (Å²) in [5, 5.41) is 11.9. The molecule has 1 unspecified atom stereocenters. The Morgan fingerprint density at radius 3 is 2.87 bits per heavy atom. The molecule has 2 aromatic rings. The summed E-state index contributed by atoms with van der Waals surface area (Å²) in [6.45, 7) is 1.89. The SMILES string of the molecule is CC(=O)N1C[C@H]2CC(C(S)c3nc(-c4cccnc4)cs3)=C(C(=O)O)N3C(=O)[C@@H]1[C@@H]23. The van der Waals surface area contributed by atoms with Gasteiger partial charge in [-0.3, -0.25) is 19.5 Å². The summed E-state index contributed by atoms with van der Waals surface area (Å²) in [4.78, 5) is 48.5. The Hall–Kier alpha value is -2.72. The molecule has 154 valence electrons. The molecule has 3 aliphatic heterocycles. The van der Waals surface area contributed by atoms with Crippen LogP contribution < -0.4 is 0 Å². The molecule has 0 saturated carbocycles. The molecular formula is C20H18N4O4S2. The molecule has 0 radical (unpaired) electrons. The van der Waals surface area contributed by atoms with Crippen LogP contribution in [0, 0.1) is 5.92 Å². The van der Waals surface area contributed by atoms with Crippen molar-refractivity contribution in [1.29, 1.82) is 0 Å². The molecular weight excluding hydrogens is 424 g/mol. The lowest BCUT2D eigenvalue weighted by Gasteiger charge is -2.50. The van der Waals surface area contributed by atoms with Crippen LogP contribution >= 0.6 is 24.0 Å². The zero-order valence-electron chi connectivity index (χ0n) is 15.9. The molecule has 30 heavy (non-hydrogen) atoms. The Labute approximate surface area is 181 Å². The summed E-state index contributed by atoms with van der Waals surface area (Å²) in [6.07, 6.45) is 3.86. The quantitative estimate of drug-likeness (QED) is 0.554. The summed E-state index contributed by atoms with van der Waals surface area (Å²) in [7, 11) is 0. The van der Waals surface area contributed by atoms with E-state index in [1.807, 2.05) is 17.5 Å². The van der Waals surface area contributed by atoms with Crippen molar-refractivity contribution in [2.45, 2.75) is 30.7 Å². The second kappa shape index (κ2) is 6.92. The van der Waals surface area contributed by atoms with E-state index in [2.05, 4.69) is 9.97 Å². The number of carbonyl (C=O) groups excluding carboxylic acids is 2. The number of aromatic nitrogens is 2. The zero-order valence-corrected chi connectivity index (χ0v) is 17.6. The lowest BCUT2D eigenvalue weighted by atomic mass is 9.78. The maximum absolute atomic E-state index is 12.8. The minimum Gasteiger partial charge on any atom is -0.477 e. The van der Waals surface area contributed by atoms with E-state index in [1.165, 1.54) is 23.2 Å². The number of amides is 2. The molecule has 0 bridgehead atoms. The minimum atomic E-state index is -1.15. The van der Waals surface area contributed by atoms with E-state index in [9.17, 15) is 19.5 Å². The van der Waals surface area contributed by atoms with Crippen LogP contribution in [-0.2, 0) is 14.4 Å². The van der Waals surface area contributed by atoms with E-state index in [4.69, 9.17) is 12.6 Å². The topological polar surface area (TPSA) is 104 Å². The van der Waals surface area contributed by atoms with Crippen molar-refractivity contribution in [3.63, 3.8) is 0 Å². The number of carbonyl (C=O) groups is 3. The number of pyridine rings is 1. The summed E-state index contributed by atoms with van der Waals surface area (Å²) >= 11 is 6.11. The Morgan fingerprint density at radius 1 is 1.40 bits per heavy atom. The highest BCUT2D eigenvalue weighted by molar-refractivity contribution is 7.81. The first-order chi connectivity index (χ1) is 14.4. The maximum atomic E-state index is 12.8. The molecule has 1 N–H and O–H groups in total. The van der Waals surface area contributed by atoms with Crippen molar-refractivity contribution in [2.75, 3.05) is 6.54 Å². The van der Waals surface area contributed by atoms with Gasteiger partial charge in [-0.1, -0.05) is 0 Å². The van der Waals surface area contributed by atoms with Crippen LogP contribution in [0.5, 0.6) is 0 Å². The number of hydrogen-bond donors (Lipinski definition) is 2. The Balaban J connectivity index is 1.51. The maximum Gasteiger partial charge on any atom is 0.352 e. The average Bonchev–Trinajstić information content (AvgIpc) is 3.36. The first-order valence-electron chi connectivity index (χ1n) is 9.49. The van der Waals surface area contributed by atoms with E-state index in [1.54, 1.807) is 17.3 Å². The predicted octanol–water partition coefficient (Wildman–Crippen LogP) is 1.98. The van der Waals surface area contributed by atoms with Crippen molar-refractivity contribution < 1.29 is 19.5 Å². The van der Waals surface area contributed by atoms with Gasteiger partial charge in [-0.15, -0.1) is 11.3 Å². The summed E-state index contributed by atoms with van der Waals surface area (Å²) in [5.41, 5.74) is 2.17. The Kier molecular flexibility index (Phi) is 4.44. The summed E-state index contributed by atoms with van der Waals surface area (Å²) in [6, 6.07) is 2.92. The fourth-order valence-electron chi connectivity index (χ4n) is 4.75. The molecule has 0 spiro atoms. The standard InChI is InChI=1S/C20H18N4O4S2/c1-9(25)23-7-11-5-12(15(20(27)28)24-14(11)16(23)19(24)26)17(29)18-22-13(8-30-18)10-3-2-4-21-6-10/h2-4,6,8,11,14,16-17,29H,5,7H2,1H3,(H,27,28)/t11-,14-,16+,17?/m1/s1. The van der Waals surface area contributed by atoms with Gasteiger partial charge >= 0.3 is 5.97 Å². The molecule has 2 aromatic heterocycles. The highest BCUT2D eigenvalue weighted by Gasteiger charge is 2.64. The molecule has 5 heterocycles. The predicted molar refractivity (Wildman–Crippen MR) is 112 cm³/mol. The number of hydrogen-bond acceptors (Lipinski definition) is 7. The normalized spacial score (nSPS) is 25.8. The van der Waals surface area contributed by atoms with Gasteiger partial charge in [0.1, 0.15) is 16.7 Å². The zero-order chi connectivity index (χ0) is 21.2. The van der Waals surface area contributed by atoms with E-state index >= 15 is 0 Å². The largest absolute Gasteiger partial charge is 0.477 e. The van der Waals surface area contributed by atoms with Gasteiger partial charge in [-0.05, 0) is 24.1 Å².